The molecule has 0 atom stereocenters. The molecule has 1 aliphatic heterocycles. The van der Waals surface area contributed by atoms with Crippen molar-refractivity contribution in [3.05, 3.63) is 71.9 Å². The van der Waals surface area contributed by atoms with E-state index in [-0.39, 0.29) is 18.2 Å². The molecular formula is C25H25F3N6. The molecule has 5 rings (SSSR count). The first kappa shape index (κ1) is 22.3. The van der Waals surface area contributed by atoms with Gasteiger partial charge in [-0.1, -0.05) is 42.5 Å². The average Bonchev–Trinajstić information content (AvgIpc) is 3.27. The highest BCUT2D eigenvalue weighted by atomic mass is 19.4. The van der Waals surface area contributed by atoms with Crippen LogP contribution in [0.1, 0.15) is 24.0 Å². The summed E-state index contributed by atoms with van der Waals surface area (Å²) in [5, 5.41) is 18.7. The fourth-order valence-electron chi connectivity index (χ4n) is 4.62. The maximum Gasteiger partial charge on any atom is 0.416 e. The lowest BCUT2D eigenvalue weighted by atomic mass is 10.0. The third-order valence-corrected chi connectivity index (χ3v) is 6.43. The van der Waals surface area contributed by atoms with E-state index >= 15 is 0 Å². The predicted molar refractivity (Wildman–Crippen MR) is 125 cm³/mol. The van der Waals surface area contributed by atoms with Gasteiger partial charge in [0.25, 0.3) is 0 Å². The summed E-state index contributed by atoms with van der Waals surface area (Å²) in [5.74, 6) is 0.836. The molecule has 1 saturated heterocycles. The number of hydrogen-bond donors (Lipinski definition) is 1. The van der Waals surface area contributed by atoms with Crippen molar-refractivity contribution in [3.63, 3.8) is 0 Å². The van der Waals surface area contributed by atoms with Crippen LogP contribution in [-0.2, 0) is 19.8 Å². The van der Waals surface area contributed by atoms with Gasteiger partial charge >= 0.3 is 6.18 Å². The highest BCUT2D eigenvalue weighted by molar-refractivity contribution is 5.99. The van der Waals surface area contributed by atoms with E-state index in [1.807, 2.05) is 31.3 Å². The van der Waals surface area contributed by atoms with Crippen LogP contribution in [0.5, 0.6) is 0 Å². The molecule has 0 radical (unpaired) electrons. The summed E-state index contributed by atoms with van der Waals surface area (Å²) in [6, 6.07) is 15.9. The standard InChI is InChI=1S/C25H25F3N6/c1-33-22(10-13-30-33)23-19-7-3-4-8-20(19)24(32-31-23)34-14-11-18(12-15-34)29-16-17-6-2-5-9-21(17)25(26,27)28/h2-10,13,18,29H,11-12,14-16H2,1H3. The Bertz CT molecular complexity index is 1290. The van der Waals surface area contributed by atoms with Gasteiger partial charge in [-0.25, -0.2) is 0 Å². The van der Waals surface area contributed by atoms with E-state index in [0.29, 0.717) is 0 Å². The van der Waals surface area contributed by atoms with Gasteiger partial charge in [-0.2, -0.15) is 18.3 Å². The highest BCUT2D eigenvalue weighted by Gasteiger charge is 2.33. The van der Waals surface area contributed by atoms with Crippen molar-refractivity contribution in [2.24, 2.45) is 7.05 Å². The van der Waals surface area contributed by atoms with E-state index in [9.17, 15) is 13.2 Å². The number of nitrogens with one attached hydrogen (secondary N) is 1. The molecule has 2 aromatic carbocycles. The molecule has 9 heteroatoms. The van der Waals surface area contributed by atoms with Gasteiger partial charge in [-0.05, 0) is 30.5 Å². The number of benzene rings is 2. The number of nitrogens with zero attached hydrogens (tertiary/aromatic N) is 5. The number of fused-ring (bicyclic) bond motifs is 1. The second-order valence-corrected chi connectivity index (χ2v) is 8.55. The van der Waals surface area contributed by atoms with E-state index < -0.39 is 11.7 Å². The Kier molecular flexibility index (Phi) is 5.95. The number of aryl methyl sites for hydroxylation is 1. The lowest BCUT2D eigenvalue weighted by Gasteiger charge is -2.33. The number of hydrogen-bond acceptors (Lipinski definition) is 5. The van der Waals surface area contributed by atoms with Crippen molar-refractivity contribution in [2.75, 3.05) is 18.0 Å². The van der Waals surface area contributed by atoms with Crippen molar-refractivity contribution in [1.82, 2.24) is 25.3 Å². The van der Waals surface area contributed by atoms with Crippen molar-refractivity contribution in [2.45, 2.75) is 31.6 Å². The molecule has 0 amide bonds. The lowest BCUT2D eigenvalue weighted by molar-refractivity contribution is -0.138. The Hall–Kier alpha value is -3.46. The maximum absolute atomic E-state index is 13.3. The van der Waals surface area contributed by atoms with E-state index in [4.69, 9.17) is 0 Å². The molecule has 34 heavy (non-hydrogen) atoms. The first-order chi connectivity index (χ1) is 16.4. The Balaban J connectivity index is 1.30. The van der Waals surface area contributed by atoms with Gasteiger partial charge in [0.2, 0.25) is 0 Å². The molecular weight excluding hydrogens is 441 g/mol. The molecule has 2 aromatic heterocycles. The van der Waals surface area contributed by atoms with Gasteiger partial charge in [0.1, 0.15) is 5.69 Å². The second kappa shape index (κ2) is 9.06. The monoisotopic (exact) mass is 466 g/mol. The summed E-state index contributed by atoms with van der Waals surface area (Å²) in [4.78, 5) is 2.21. The van der Waals surface area contributed by atoms with Crippen LogP contribution in [0, 0.1) is 0 Å². The van der Waals surface area contributed by atoms with Gasteiger partial charge < -0.3 is 10.2 Å². The number of rotatable bonds is 5. The Morgan fingerprint density at radius 1 is 0.941 bits per heavy atom. The Morgan fingerprint density at radius 3 is 2.35 bits per heavy atom. The number of anilines is 1. The fraction of sp³-hybridized carbons (Fsp3) is 0.320. The molecule has 6 nitrogen and oxygen atoms in total. The molecule has 1 N–H and O–H groups in total. The largest absolute Gasteiger partial charge is 0.416 e. The van der Waals surface area contributed by atoms with Crippen LogP contribution in [-0.4, -0.2) is 39.1 Å². The molecule has 3 heterocycles. The summed E-state index contributed by atoms with van der Waals surface area (Å²) in [5.41, 5.74) is 1.40. The quantitative estimate of drug-likeness (QED) is 0.458. The normalized spacial score (nSPS) is 15.2. The minimum atomic E-state index is -4.34. The number of piperidine rings is 1. The maximum atomic E-state index is 13.3. The number of halogens is 3. The van der Waals surface area contributed by atoms with Crippen molar-refractivity contribution >= 4 is 16.6 Å². The second-order valence-electron chi connectivity index (χ2n) is 8.55. The van der Waals surface area contributed by atoms with Crippen LogP contribution in [0.25, 0.3) is 22.2 Å². The fourth-order valence-corrected chi connectivity index (χ4v) is 4.62. The van der Waals surface area contributed by atoms with Gasteiger partial charge in [-0.15, -0.1) is 10.2 Å². The van der Waals surface area contributed by atoms with E-state index in [1.165, 1.54) is 12.1 Å². The first-order valence-electron chi connectivity index (χ1n) is 11.3. The van der Waals surface area contributed by atoms with Gasteiger partial charge in [0.15, 0.2) is 5.82 Å². The number of aromatic nitrogens is 4. The molecule has 0 saturated carbocycles. The van der Waals surface area contributed by atoms with Crippen LogP contribution in [0.3, 0.4) is 0 Å². The molecule has 4 aromatic rings. The van der Waals surface area contributed by atoms with Crippen molar-refractivity contribution in [1.29, 1.82) is 0 Å². The van der Waals surface area contributed by atoms with E-state index in [1.54, 1.807) is 16.9 Å². The average molecular weight is 467 g/mol. The zero-order valence-corrected chi connectivity index (χ0v) is 18.8. The molecule has 0 aliphatic carbocycles. The van der Waals surface area contributed by atoms with Gasteiger partial charge in [0.05, 0.1) is 11.3 Å². The lowest BCUT2D eigenvalue weighted by Crippen LogP contribution is -2.42. The summed E-state index contributed by atoms with van der Waals surface area (Å²) in [6.07, 6.45) is -0.977. The zero-order valence-electron chi connectivity index (χ0n) is 18.8. The Labute approximate surface area is 195 Å². The number of alkyl halides is 3. The van der Waals surface area contributed by atoms with Crippen LogP contribution in [0.4, 0.5) is 19.0 Å². The molecule has 0 spiro atoms. The third kappa shape index (κ3) is 4.35. The minimum Gasteiger partial charge on any atom is -0.354 e. The predicted octanol–water partition coefficient (Wildman–Crippen LogP) is 4.81. The van der Waals surface area contributed by atoms with E-state index in [2.05, 4.69) is 31.6 Å². The molecule has 0 bridgehead atoms. The summed E-state index contributed by atoms with van der Waals surface area (Å²) in [7, 11) is 1.88. The summed E-state index contributed by atoms with van der Waals surface area (Å²) in [6.45, 7) is 1.70. The summed E-state index contributed by atoms with van der Waals surface area (Å²) >= 11 is 0. The van der Waals surface area contributed by atoms with Crippen LogP contribution < -0.4 is 10.2 Å². The van der Waals surface area contributed by atoms with Gasteiger partial charge in [-0.3, -0.25) is 4.68 Å². The van der Waals surface area contributed by atoms with Crippen LogP contribution in [0.2, 0.25) is 0 Å². The van der Waals surface area contributed by atoms with Gasteiger partial charge in [0, 0.05) is 49.7 Å². The van der Waals surface area contributed by atoms with Crippen LogP contribution in [0.15, 0.2) is 60.8 Å². The first-order valence-corrected chi connectivity index (χ1v) is 11.3. The van der Waals surface area contributed by atoms with E-state index in [0.717, 1.165) is 60.0 Å². The van der Waals surface area contributed by atoms with Crippen molar-refractivity contribution < 1.29 is 13.2 Å². The minimum absolute atomic E-state index is 0.144. The molecule has 1 fully saturated rings. The third-order valence-electron chi connectivity index (χ3n) is 6.43. The van der Waals surface area contributed by atoms with Crippen molar-refractivity contribution in [3.8, 4) is 11.4 Å². The smallest absolute Gasteiger partial charge is 0.354 e. The highest BCUT2D eigenvalue weighted by Crippen LogP contribution is 2.33. The topological polar surface area (TPSA) is 58.9 Å². The molecule has 1 aliphatic rings. The zero-order chi connectivity index (χ0) is 23.7. The Morgan fingerprint density at radius 2 is 1.65 bits per heavy atom. The van der Waals surface area contributed by atoms with Crippen LogP contribution >= 0.6 is 0 Å². The SMILES string of the molecule is Cn1nccc1-c1nnc(N2CCC(NCc3ccccc3C(F)(F)F)CC2)c2ccccc12. The summed E-state index contributed by atoms with van der Waals surface area (Å²) < 4.78 is 41.6. The molecule has 0 unspecified atom stereocenters. The molecule has 176 valence electrons.